The minimum Gasteiger partial charge on any atom is -0.497 e. The summed E-state index contributed by atoms with van der Waals surface area (Å²) in [6, 6.07) is 16.9. The predicted molar refractivity (Wildman–Crippen MR) is 138 cm³/mol. The molecular weight excluding hydrogens is 522 g/mol. The third-order valence-electron chi connectivity index (χ3n) is 5.33. The van der Waals surface area contributed by atoms with Gasteiger partial charge in [-0.15, -0.1) is 0 Å². The van der Waals surface area contributed by atoms with Crippen molar-refractivity contribution in [3.05, 3.63) is 64.6 Å². The summed E-state index contributed by atoms with van der Waals surface area (Å²) in [5.41, 5.74) is 2.97. The highest BCUT2D eigenvalue weighted by molar-refractivity contribution is 9.10. The highest BCUT2D eigenvalue weighted by atomic mass is 79.9. The number of hydrogen-bond acceptors (Lipinski definition) is 6. The van der Waals surface area contributed by atoms with Gasteiger partial charge in [0, 0.05) is 40.5 Å². The summed E-state index contributed by atoms with van der Waals surface area (Å²) in [6.45, 7) is 1.25. The first kappa shape index (κ1) is 24.3. The lowest BCUT2D eigenvalue weighted by Gasteiger charge is -2.15. The van der Waals surface area contributed by atoms with Crippen molar-refractivity contribution in [2.24, 2.45) is 0 Å². The Kier molecular flexibility index (Phi) is 7.32. The van der Waals surface area contributed by atoms with Crippen LogP contribution in [-0.4, -0.2) is 51.6 Å². The lowest BCUT2D eigenvalue weighted by atomic mass is 10.1. The normalized spacial score (nSPS) is 12.7. The van der Waals surface area contributed by atoms with E-state index in [0.717, 1.165) is 39.6 Å². The molecule has 0 radical (unpaired) electrons. The number of fused-ring (bicyclic) bond motifs is 3. The second-order valence-corrected chi connectivity index (χ2v) is 10.5. The first-order chi connectivity index (χ1) is 16.2. The number of ether oxygens (including phenoxy) is 2. The van der Waals surface area contributed by atoms with Crippen LogP contribution in [0.5, 0.6) is 11.5 Å². The fourth-order valence-corrected chi connectivity index (χ4v) is 4.76. The average molecular weight is 548 g/mol. The van der Waals surface area contributed by atoms with E-state index in [0.29, 0.717) is 35.4 Å². The number of benzene rings is 3. The first-order valence-corrected chi connectivity index (χ1v) is 13.3. The van der Waals surface area contributed by atoms with Gasteiger partial charge in [-0.3, -0.25) is 4.72 Å². The zero-order valence-corrected chi connectivity index (χ0v) is 21.2. The second-order valence-electron chi connectivity index (χ2n) is 7.93. The van der Waals surface area contributed by atoms with Crippen LogP contribution in [0.1, 0.15) is 11.7 Å². The van der Waals surface area contributed by atoms with Crippen LogP contribution in [0.25, 0.3) is 21.8 Å². The van der Waals surface area contributed by atoms with Gasteiger partial charge in [-0.25, -0.2) is 8.42 Å². The van der Waals surface area contributed by atoms with Crippen molar-refractivity contribution in [2.75, 3.05) is 37.8 Å². The van der Waals surface area contributed by atoms with Gasteiger partial charge in [-0.1, -0.05) is 6.07 Å². The van der Waals surface area contributed by atoms with Crippen LogP contribution in [0.3, 0.4) is 0 Å². The van der Waals surface area contributed by atoms with E-state index < -0.39 is 16.1 Å². The highest BCUT2D eigenvalue weighted by Crippen LogP contribution is 2.30. The molecule has 4 aromatic rings. The van der Waals surface area contributed by atoms with Gasteiger partial charge in [-0.05, 0) is 57.9 Å². The fourth-order valence-electron chi connectivity index (χ4n) is 3.71. The molecule has 0 fully saturated rings. The Bertz CT molecular complexity index is 1420. The fraction of sp³-hybridized carbons (Fsp3) is 0.250. The molecule has 0 aliphatic heterocycles. The van der Waals surface area contributed by atoms with Crippen LogP contribution in [0.4, 0.5) is 5.69 Å². The summed E-state index contributed by atoms with van der Waals surface area (Å²) in [5, 5.41) is 15.9. The number of hydrogen-bond donors (Lipinski definition) is 4. The van der Waals surface area contributed by atoms with Crippen LogP contribution in [0, 0.1) is 0 Å². The number of sulfonamides is 1. The molecule has 180 valence electrons. The van der Waals surface area contributed by atoms with Gasteiger partial charge in [0.2, 0.25) is 10.0 Å². The molecule has 10 heteroatoms. The average Bonchev–Trinajstić information content (AvgIpc) is 3.16. The van der Waals surface area contributed by atoms with Gasteiger partial charge in [0.1, 0.15) is 18.1 Å². The largest absolute Gasteiger partial charge is 0.497 e. The molecule has 1 heterocycles. The molecule has 1 unspecified atom stereocenters. The quantitative estimate of drug-likeness (QED) is 0.222. The van der Waals surface area contributed by atoms with E-state index in [1.807, 2.05) is 36.4 Å². The molecule has 0 saturated heterocycles. The minimum atomic E-state index is -3.42. The minimum absolute atomic E-state index is 0.298. The van der Waals surface area contributed by atoms with Gasteiger partial charge in [-0.2, -0.15) is 0 Å². The molecule has 1 aromatic heterocycles. The lowest BCUT2D eigenvalue weighted by Crippen LogP contribution is -2.26. The Hall–Kier alpha value is -2.79. The molecule has 0 saturated carbocycles. The maximum absolute atomic E-state index is 11.5. The topological polar surface area (TPSA) is 113 Å². The molecule has 0 spiro atoms. The number of aromatic nitrogens is 1. The van der Waals surface area contributed by atoms with Gasteiger partial charge in [0.25, 0.3) is 0 Å². The van der Waals surface area contributed by atoms with Crippen LogP contribution < -0.4 is 19.5 Å². The van der Waals surface area contributed by atoms with Gasteiger partial charge < -0.3 is 24.9 Å². The van der Waals surface area contributed by atoms with Crippen LogP contribution in [0.15, 0.2) is 59.1 Å². The van der Waals surface area contributed by atoms with E-state index in [2.05, 4.69) is 31.0 Å². The molecule has 34 heavy (non-hydrogen) atoms. The maximum atomic E-state index is 11.5. The molecule has 0 bridgehead atoms. The van der Waals surface area contributed by atoms with Gasteiger partial charge >= 0.3 is 0 Å². The third-order valence-corrected chi connectivity index (χ3v) is 6.62. The predicted octanol–water partition coefficient (Wildman–Crippen LogP) is 4.17. The molecule has 3 aromatic carbocycles. The summed E-state index contributed by atoms with van der Waals surface area (Å²) in [7, 11) is -1.77. The summed E-state index contributed by atoms with van der Waals surface area (Å²) in [5.74, 6) is 1.55. The van der Waals surface area contributed by atoms with Crippen LogP contribution in [0.2, 0.25) is 0 Å². The number of H-pyrrole nitrogens is 1. The second kappa shape index (κ2) is 10.2. The number of rotatable bonds is 10. The summed E-state index contributed by atoms with van der Waals surface area (Å²) < 4.78 is 37.2. The van der Waals surface area contributed by atoms with Crippen LogP contribution in [-0.2, 0) is 10.0 Å². The lowest BCUT2D eigenvalue weighted by molar-refractivity contribution is 0.172. The van der Waals surface area contributed by atoms with E-state index in [-0.39, 0.29) is 0 Å². The number of anilines is 1. The molecule has 1 atom stereocenters. The van der Waals surface area contributed by atoms with Crippen molar-refractivity contribution in [1.82, 2.24) is 10.3 Å². The summed E-state index contributed by atoms with van der Waals surface area (Å²) in [6.07, 6.45) is 0.282. The number of halogens is 1. The van der Waals surface area contributed by atoms with Crippen LogP contribution >= 0.6 is 15.9 Å². The van der Waals surface area contributed by atoms with E-state index in [1.165, 1.54) is 0 Å². The molecule has 0 aliphatic carbocycles. The number of nitrogens with one attached hydrogen (secondary N) is 3. The Morgan fingerprint density at radius 3 is 2.38 bits per heavy atom. The molecular formula is C24H26BrN3O5S. The van der Waals surface area contributed by atoms with Crippen molar-refractivity contribution in [1.29, 1.82) is 0 Å². The van der Waals surface area contributed by atoms with Crippen molar-refractivity contribution in [3.8, 4) is 11.5 Å². The standard InChI is InChI=1S/C24H26BrN3O5S/c1-32-16-4-6-18-19-7-5-17(13-22(19)27-21(18)12-16)33-10-9-26-14-24(29)15-3-8-20(25)23(11-15)28-34(2,30)31/h3-8,11-13,24,26-29H,9-10,14H2,1-2H3. The Morgan fingerprint density at radius 2 is 1.71 bits per heavy atom. The van der Waals surface area contributed by atoms with E-state index >= 15 is 0 Å². The third kappa shape index (κ3) is 5.82. The Balaban J connectivity index is 1.30. The molecule has 8 nitrogen and oxygen atoms in total. The molecule has 4 rings (SSSR count). The van der Waals surface area contributed by atoms with Crippen molar-refractivity contribution in [2.45, 2.75) is 6.10 Å². The number of methoxy groups -OCH3 is 1. The number of aliphatic hydroxyl groups is 1. The van der Waals surface area contributed by atoms with Gasteiger partial charge in [0.15, 0.2) is 0 Å². The molecule has 4 N–H and O–H groups in total. The monoisotopic (exact) mass is 547 g/mol. The van der Waals surface area contributed by atoms with E-state index in [4.69, 9.17) is 9.47 Å². The van der Waals surface area contributed by atoms with E-state index in [9.17, 15) is 13.5 Å². The Morgan fingerprint density at radius 1 is 1.03 bits per heavy atom. The van der Waals surface area contributed by atoms with Gasteiger partial charge in [0.05, 0.1) is 36.2 Å². The molecule has 0 amide bonds. The maximum Gasteiger partial charge on any atom is 0.229 e. The smallest absolute Gasteiger partial charge is 0.229 e. The number of aliphatic hydroxyl groups excluding tert-OH is 1. The first-order valence-electron chi connectivity index (χ1n) is 10.6. The zero-order valence-electron chi connectivity index (χ0n) is 18.8. The highest BCUT2D eigenvalue weighted by Gasteiger charge is 2.12. The SMILES string of the molecule is COc1ccc2c(c1)[nH]c1cc(OCCNCC(O)c3ccc(Br)c(NS(C)(=O)=O)c3)ccc12. The van der Waals surface area contributed by atoms with E-state index in [1.54, 1.807) is 25.3 Å². The molecule has 0 aliphatic rings. The van der Waals surface area contributed by atoms with Crippen molar-refractivity contribution in [3.63, 3.8) is 0 Å². The summed E-state index contributed by atoms with van der Waals surface area (Å²) in [4.78, 5) is 3.40. The van der Waals surface area contributed by atoms with Crippen molar-refractivity contribution < 1.29 is 23.0 Å². The Labute approximate surface area is 206 Å². The summed E-state index contributed by atoms with van der Waals surface area (Å²) >= 11 is 3.31. The zero-order chi connectivity index (χ0) is 24.3. The number of aromatic amines is 1. The van der Waals surface area contributed by atoms with Crippen molar-refractivity contribution >= 4 is 53.4 Å².